The maximum atomic E-state index is 13.7. The summed E-state index contributed by atoms with van der Waals surface area (Å²) in [4.78, 5) is 15.5. The molecule has 0 aliphatic heterocycles. The molecular formula is C27H27NO3. The molecule has 4 heteroatoms. The van der Waals surface area contributed by atoms with E-state index in [2.05, 4.69) is 0 Å². The summed E-state index contributed by atoms with van der Waals surface area (Å²) >= 11 is 0. The molecule has 0 fully saturated rings. The van der Waals surface area contributed by atoms with Crippen molar-refractivity contribution in [3.63, 3.8) is 0 Å². The van der Waals surface area contributed by atoms with Crippen molar-refractivity contribution in [2.75, 3.05) is 0 Å². The summed E-state index contributed by atoms with van der Waals surface area (Å²) < 4.78 is 0. The molecule has 2 N–H and O–H groups in total. The first-order valence-electron chi connectivity index (χ1n) is 10.6. The lowest BCUT2D eigenvalue weighted by atomic mass is 9.91. The summed E-state index contributed by atoms with van der Waals surface area (Å²) in [6.07, 6.45) is 0. The van der Waals surface area contributed by atoms with Crippen molar-refractivity contribution >= 4 is 27.5 Å². The molecule has 158 valence electrons. The van der Waals surface area contributed by atoms with Crippen LogP contribution in [0.15, 0.2) is 66.7 Å². The van der Waals surface area contributed by atoms with Gasteiger partial charge in [-0.1, -0.05) is 48.5 Å². The summed E-state index contributed by atoms with van der Waals surface area (Å²) in [5.41, 5.74) is 1.55. The van der Waals surface area contributed by atoms with Gasteiger partial charge in [-0.05, 0) is 67.8 Å². The highest BCUT2D eigenvalue weighted by atomic mass is 16.3. The van der Waals surface area contributed by atoms with Gasteiger partial charge >= 0.3 is 0 Å². The molecule has 4 aromatic rings. The number of phenolic OH excluding ortho intramolecular Hbond substituents is 2. The van der Waals surface area contributed by atoms with E-state index in [1.54, 1.807) is 11.0 Å². The number of hydrogen-bond donors (Lipinski definition) is 2. The fourth-order valence-corrected chi connectivity index (χ4v) is 4.41. The lowest BCUT2D eigenvalue weighted by molar-refractivity contribution is 0.0642. The van der Waals surface area contributed by atoms with Crippen LogP contribution in [-0.2, 0) is 0 Å². The highest BCUT2D eigenvalue weighted by molar-refractivity contribution is 6.10. The zero-order valence-corrected chi connectivity index (χ0v) is 18.3. The van der Waals surface area contributed by atoms with Gasteiger partial charge in [-0.25, -0.2) is 0 Å². The third kappa shape index (κ3) is 3.59. The third-order valence-corrected chi connectivity index (χ3v) is 5.73. The minimum Gasteiger partial charge on any atom is -0.507 e. The topological polar surface area (TPSA) is 60.8 Å². The average Bonchev–Trinajstić information content (AvgIpc) is 2.73. The Bertz CT molecular complexity index is 1280. The number of hydrogen-bond acceptors (Lipinski definition) is 3. The number of carbonyl (C=O) groups is 1. The second-order valence-electron chi connectivity index (χ2n) is 8.49. The minimum absolute atomic E-state index is 0.0305. The molecule has 4 aromatic carbocycles. The lowest BCUT2D eigenvalue weighted by Crippen LogP contribution is -2.42. The molecule has 0 aliphatic rings. The molecule has 0 bridgehead atoms. The van der Waals surface area contributed by atoms with Crippen LogP contribution < -0.4 is 0 Å². The zero-order valence-electron chi connectivity index (χ0n) is 18.3. The summed E-state index contributed by atoms with van der Waals surface area (Å²) in [6.45, 7) is 7.88. The van der Waals surface area contributed by atoms with E-state index in [1.807, 2.05) is 88.4 Å². The first-order chi connectivity index (χ1) is 14.8. The van der Waals surface area contributed by atoms with E-state index in [4.69, 9.17) is 0 Å². The van der Waals surface area contributed by atoms with E-state index in [0.717, 1.165) is 16.2 Å². The monoisotopic (exact) mass is 413 g/mol. The molecule has 0 atom stereocenters. The summed E-state index contributed by atoms with van der Waals surface area (Å²) in [6, 6.07) is 20.5. The number of aromatic hydroxyl groups is 2. The molecule has 4 rings (SSSR count). The Morgan fingerprint density at radius 3 is 1.94 bits per heavy atom. The third-order valence-electron chi connectivity index (χ3n) is 5.73. The fourth-order valence-electron chi connectivity index (χ4n) is 4.41. The molecule has 1 amide bonds. The molecule has 0 saturated heterocycles. The van der Waals surface area contributed by atoms with Crippen molar-refractivity contribution in [2.24, 2.45) is 0 Å². The van der Waals surface area contributed by atoms with Crippen LogP contribution in [0, 0.1) is 0 Å². The lowest BCUT2D eigenvalue weighted by Gasteiger charge is -2.32. The first kappa shape index (κ1) is 20.7. The van der Waals surface area contributed by atoms with Crippen LogP contribution in [0.1, 0.15) is 38.1 Å². The molecular weight excluding hydrogens is 386 g/mol. The summed E-state index contributed by atoms with van der Waals surface area (Å²) in [5.74, 6) is -0.114. The van der Waals surface area contributed by atoms with Gasteiger partial charge in [-0.3, -0.25) is 4.79 Å². The molecule has 31 heavy (non-hydrogen) atoms. The number of fused-ring (bicyclic) bond motifs is 2. The van der Waals surface area contributed by atoms with E-state index >= 15 is 0 Å². The van der Waals surface area contributed by atoms with Crippen molar-refractivity contribution in [3.8, 4) is 22.6 Å². The van der Waals surface area contributed by atoms with Crippen molar-refractivity contribution in [2.45, 2.75) is 39.8 Å². The van der Waals surface area contributed by atoms with Crippen LogP contribution in [0.4, 0.5) is 0 Å². The molecule has 0 unspecified atom stereocenters. The van der Waals surface area contributed by atoms with E-state index < -0.39 is 0 Å². The molecule has 0 spiro atoms. The van der Waals surface area contributed by atoms with Gasteiger partial charge < -0.3 is 15.1 Å². The van der Waals surface area contributed by atoms with Crippen molar-refractivity contribution in [1.29, 1.82) is 0 Å². The maximum Gasteiger partial charge on any atom is 0.258 e. The Morgan fingerprint density at radius 2 is 1.32 bits per heavy atom. The van der Waals surface area contributed by atoms with Gasteiger partial charge in [0.25, 0.3) is 5.91 Å². The Hall–Kier alpha value is -3.53. The van der Waals surface area contributed by atoms with Crippen LogP contribution in [0.2, 0.25) is 0 Å². The quantitative estimate of drug-likeness (QED) is 0.411. The van der Waals surface area contributed by atoms with E-state index in [9.17, 15) is 15.0 Å². The van der Waals surface area contributed by atoms with Crippen LogP contribution in [-0.4, -0.2) is 33.1 Å². The SMILES string of the molecule is CC(C)N(C(=O)c1c(-c2cc(O)c3ccccc3c2)cc2ccccc2c1O)C(C)C. The number of amides is 1. The Balaban J connectivity index is 2.05. The molecule has 0 saturated carbocycles. The molecule has 0 radical (unpaired) electrons. The summed E-state index contributed by atoms with van der Waals surface area (Å²) in [7, 11) is 0. The van der Waals surface area contributed by atoms with E-state index in [0.29, 0.717) is 16.5 Å². The second-order valence-corrected chi connectivity index (χ2v) is 8.49. The van der Waals surface area contributed by atoms with Crippen LogP contribution in [0.3, 0.4) is 0 Å². The van der Waals surface area contributed by atoms with Gasteiger partial charge in [0.1, 0.15) is 11.5 Å². The predicted octanol–water partition coefficient (Wildman–Crippen LogP) is 6.33. The highest BCUT2D eigenvalue weighted by Gasteiger charge is 2.28. The van der Waals surface area contributed by atoms with Gasteiger partial charge in [-0.15, -0.1) is 0 Å². The Kier molecular flexibility index (Phi) is 5.32. The van der Waals surface area contributed by atoms with E-state index in [1.165, 1.54) is 0 Å². The highest BCUT2D eigenvalue weighted by Crippen LogP contribution is 2.41. The molecule has 4 nitrogen and oxygen atoms in total. The minimum atomic E-state index is -0.226. The molecule has 0 aliphatic carbocycles. The van der Waals surface area contributed by atoms with Gasteiger partial charge in [0.15, 0.2) is 0 Å². The van der Waals surface area contributed by atoms with Crippen molar-refractivity contribution in [3.05, 3.63) is 72.3 Å². The van der Waals surface area contributed by atoms with Gasteiger partial charge in [0.2, 0.25) is 0 Å². The van der Waals surface area contributed by atoms with Crippen LogP contribution >= 0.6 is 0 Å². The summed E-state index contributed by atoms with van der Waals surface area (Å²) in [5, 5.41) is 25.0. The maximum absolute atomic E-state index is 13.7. The van der Waals surface area contributed by atoms with Gasteiger partial charge in [0, 0.05) is 22.9 Å². The average molecular weight is 414 g/mol. The van der Waals surface area contributed by atoms with Crippen molar-refractivity contribution in [1.82, 2.24) is 4.90 Å². The largest absolute Gasteiger partial charge is 0.507 e. The Morgan fingerprint density at radius 1 is 0.774 bits per heavy atom. The fraction of sp³-hybridized carbons (Fsp3) is 0.222. The number of carbonyl (C=O) groups excluding carboxylic acids is 1. The number of rotatable bonds is 4. The van der Waals surface area contributed by atoms with Gasteiger partial charge in [-0.2, -0.15) is 0 Å². The number of nitrogens with zero attached hydrogens (tertiary/aromatic N) is 1. The van der Waals surface area contributed by atoms with E-state index in [-0.39, 0.29) is 35.1 Å². The zero-order chi connectivity index (χ0) is 22.3. The number of phenols is 2. The Labute approximate surface area is 182 Å². The first-order valence-corrected chi connectivity index (χ1v) is 10.6. The standard InChI is InChI=1S/C27H27NO3/c1-16(2)28(17(3)4)27(31)25-23(14-19-10-6-8-12-22(19)26(25)30)20-13-18-9-5-7-11-21(18)24(29)15-20/h5-17,29-30H,1-4H3. The normalized spacial score (nSPS) is 11.5. The van der Waals surface area contributed by atoms with Gasteiger partial charge in [0.05, 0.1) is 5.56 Å². The van der Waals surface area contributed by atoms with Crippen molar-refractivity contribution < 1.29 is 15.0 Å². The predicted molar refractivity (Wildman–Crippen MR) is 127 cm³/mol. The number of benzene rings is 4. The van der Waals surface area contributed by atoms with Crippen LogP contribution in [0.5, 0.6) is 11.5 Å². The second kappa shape index (κ2) is 7.95. The molecule has 0 aromatic heterocycles. The molecule has 0 heterocycles. The van der Waals surface area contributed by atoms with Crippen LogP contribution in [0.25, 0.3) is 32.7 Å². The smallest absolute Gasteiger partial charge is 0.258 e.